The number of aromatic nitrogens is 3. The molecule has 100 valence electrons. The zero-order valence-electron chi connectivity index (χ0n) is 10.8. The molecular weight excluding hydrogens is 250 g/mol. The molecule has 0 aliphatic rings. The van der Waals surface area contributed by atoms with Crippen molar-refractivity contribution in [3.63, 3.8) is 0 Å². The number of carbonyl (C=O) groups is 1. The van der Waals surface area contributed by atoms with Crippen molar-refractivity contribution in [3.8, 4) is 17.2 Å². The van der Waals surface area contributed by atoms with Gasteiger partial charge < -0.3 is 14.2 Å². The third-order valence-corrected chi connectivity index (χ3v) is 2.52. The fourth-order valence-corrected chi connectivity index (χ4v) is 1.55. The lowest BCUT2D eigenvalue weighted by Gasteiger charge is -2.09. The van der Waals surface area contributed by atoms with Crippen LogP contribution in [0.3, 0.4) is 0 Å². The van der Waals surface area contributed by atoms with E-state index in [0.717, 1.165) is 0 Å². The summed E-state index contributed by atoms with van der Waals surface area (Å²) in [6.45, 7) is 0. The van der Waals surface area contributed by atoms with Gasteiger partial charge in [0.2, 0.25) is 0 Å². The van der Waals surface area contributed by atoms with Crippen LogP contribution in [-0.2, 0) is 4.74 Å². The fourth-order valence-electron chi connectivity index (χ4n) is 1.55. The van der Waals surface area contributed by atoms with Crippen molar-refractivity contribution in [1.29, 1.82) is 0 Å². The van der Waals surface area contributed by atoms with Crippen molar-refractivity contribution in [2.45, 2.75) is 0 Å². The van der Waals surface area contributed by atoms with Gasteiger partial charge >= 0.3 is 5.97 Å². The minimum atomic E-state index is -0.543. The summed E-state index contributed by atoms with van der Waals surface area (Å²) >= 11 is 0. The van der Waals surface area contributed by atoms with E-state index in [2.05, 4.69) is 15.0 Å². The third kappa shape index (κ3) is 2.49. The highest BCUT2D eigenvalue weighted by molar-refractivity contribution is 5.86. The van der Waals surface area contributed by atoms with Crippen molar-refractivity contribution in [2.75, 3.05) is 21.3 Å². The van der Waals surface area contributed by atoms with Gasteiger partial charge in [0.05, 0.1) is 27.5 Å². The van der Waals surface area contributed by atoms with Gasteiger partial charge in [0.15, 0.2) is 5.69 Å². The average Bonchev–Trinajstić information content (AvgIpc) is 2.95. The Morgan fingerprint density at radius 1 is 1.21 bits per heavy atom. The van der Waals surface area contributed by atoms with Crippen LogP contribution < -0.4 is 9.47 Å². The quantitative estimate of drug-likeness (QED) is 0.768. The van der Waals surface area contributed by atoms with E-state index >= 15 is 0 Å². The summed E-state index contributed by atoms with van der Waals surface area (Å²) in [5.74, 6) is 0.674. The molecule has 0 atom stereocenters. The first kappa shape index (κ1) is 12.9. The number of rotatable bonds is 4. The molecule has 0 radical (unpaired) electrons. The largest absolute Gasteiger partial charge is 0.497 e. The second-order valence-corrected chi connectivity index (χ2v) is 3.58. The molecule has 0 aliphatic carbocycles. The highest BCUT2D eigenvalue weighted by Gasteiger charge is 2.14. The van der Waals surface area contributed by atoms with Crippen molar-refractivity contribution in [1.82, 2.24) is 15.0 Å². The Labute approximate surface area is 109 Å². The van der Waals surface area contributed by atoms with Crippen molar-refractivity contribution in [3.05, 3.63) is 30.1 Å². The molecule has 0 saturated carbocycles. The lowest BCUT2D eigenvalue weighted by molar-refractivity contribution is 0.0594. The Kier molecular flexibility index (Phi) is 3.65. The van der Waals surface area contributed by atoms with Gasteiger partial charge in [0.25, 0.3) is 0 Å². The average molecular weight is 263 g/mol. The first-order valence-corrected chi connectivity index (χ1v) is 5.42. The summed E-state index contributed by atoms with van der Waals surface area (Å²) in [4.78, 5) is 11.3. The summed E-state index contributed by atoms with van der Waals surface area (Å²) in [7, 11) is 4.39. The van der Waals surface area contributed by atoms with Gasteiger partial charge in [-0.1, -0.05) is 5.21 Å². The summed E-state index contributed by atoms with van der Waals surface area (Å²) in [6, 6.07) is 5.24. The normalized spacial score (nSPS) is 10.1. The Hall–Kier alpha value is -2.57. The molecule has 2 rings (SSSR count). The molecule has 1 heterocycles. The van der Waals surface area contributed by atoms with Gasteiger partial charge in [-0.25, -0.2) is 9.48 Å². The van der Waals surface area contributed by atoms with Crippen molar-refractivity contribution < 1.29 is 19.0 Å². The summed E-state index contributed by atoms with van der Waals surface area (Å²) in [5, 5.41) is 7.60. The molecule has 0 N–H and O–H groups in total. The zero-order valence-corrected chi connectivity index (χ0v) is 10.8. The number of nitrogens with zero attached hydrogens (tertiary/aromatic N) is 3. The van der Waals surface area contributed by atoms with Crippen LogP contribution in [0.5, 0.6) is 11.5 Å². The summed E-state index contributed by atoms with van der Waals surface area (Å²) in [6.07, 6.45) is 1.47. The molecule has 0 unspecified atom stereocenters. The van der Waals surface area contributed by atoms with Crippen LogP contribution >= 0.6 is 0 Å². The first-order valence-electron chi connectivity index (χ1n) is 5.42. The number of hydrogen-bond donors (Lipinski definition) is 0. The maximum atomic E-state index is 11.3. The van der Waals surface area contributed by atoms with Gasteiger partial charge in [0.1, 0.15) is 17.2 Å². The Balaban J connectivity index is 2.41. The molecular formula is C12H13N3O4. The second kappa shape index (κ2) is 5.38. The topological polar surface area (TPSA) is 75.5 Å². The molecule has 1 aromatic carbocycles. The van der Waals surface area contributed by atoms with Crippen LogP contribution in [0.1, 0.15) is 10.5 Å². The van der Waals surface area contributed by atoms with E-state index in [1.165, 1.54) is 25.1 Å². The van der Waals surface area contributed by atoms with Gasteiger partial charge in [-0.05, 0) is 12.1 Å². The number of benzene rings is 1. The van der Waals surface area contributed by atoms with Crippen LogP contribution in [0, 0.1) is 0 Å². The zero-order chi connectivity index (χ0) is 13.8. The smallest absolute Gasteiger partial charge is 0.360 e. The van der Waals surface area contributed by atoms with Crippen LogP contribution in [0.25, 0.3) is 5.69 Å². The second-order valence-electron chi connectivity index (χ2n) is 3.58. The van der Waals surface area contributed by atoms with Crippen molar-refractivity contribution in [2.24, 2.45) is 0 Å². The molecule has 0 aliphatic heterocycles. The van der Waals surface area contributed by atoms with E-state index in [0.29, 0.717) is 17.2 Å². The number of methoxy groups -OCH3 is 3. The number of carbonyl (C=O) groups excluding carboxylic acids is 1. The molecule has 19 heavy (non-hydrogen) atoms. The van der Waals surface area contributed by atoms with Crippen molar-refractivity contribution >= 4 is 5.97 Å². The van der Waals surface area contributed by atoms with Gasteiger partial charge in [-0.2, -0.15) is 0 Å². The van der Waals surface area contributed by atoms with Gasteiger partial charge in [-0.3, -0.25) is 0 Å². The molecule has 0 bridgehead atoms. The van der Waals surface area contributed by atoms with Crippen LogP contribution in [0.15, 0.2) is 24.4 Å². The lowest BCUT2D eigenvalue weighted by Crippen LogP contribution is -2.01. The van der Waals surface area contributed by atoms with Crippen LogP contribution in [-0.4, -0.2) is 42.3 Å². The van der Waals surface area contributed by atoms with E-state index in [9.17, 15) is 4.79 Å². The van der Waals surface area contributed by atoms with E-state index in [-0.39, 0.29) is 5.69 Å². The maximum absolute atomic E-state index is 11.3. The molecule has 7 heteroatoms. The van der Waals surface area contributed by atoms with E-state index in [1.54, 1.807) is 25.3 Å². The third-order valence-electron chi connectivity index (χ3n) is 2.52. The lowest BCUT2D eigenvalue weighted by atomic mass is 10.2. The number of ether oxygens (including phenoxy) is 3. The van der Waals surface area contributed by atoms with E-state index in [1.807, 2.05) is 0 Å². The summed E-state index contributed by atoms with van der Waals surface area (Å²) in [5.41, 5.74) is 0.770. The SMILES string of the molecule is COC(=O)c1cn(-c2ccc(OC)cc2OC)nn1. The van der Waals surface area contributed by atoms with E-state index < -0.39 is 5.97 Å². The molecule has 0 amide bonds. The predicted molar refractivity (Wildman–Crippen MR) is 65.8 cm³/mol. The monoisotopic (exact) mass is 263 g/mol. The molecule has 0 fully saturated rings. The minimum Gasteiger partial charge on any atom is -0.497 e. The Morgan fingerprint density at radius 2 is 2.00 bits per heavy atom. The number of esters is 1. The fraction of sp³-hybridized carbons (Fsp3) is 0.250. The van der Waals surface area contributed by atoms with Crippen LogP contribution in [0.2, 0.25) is 0 Å². The number of hydrogen-bond acceptors (Lipinski definition) is 6. The standard InChI is InChI=1S/C12H13N3O4/c1-17-8-4-5-10(11(6-8)18-2)15-7-9(13-14-15)12(16)19-3/h4-7H,1-3H3. The molecule has 2 aromatic rings. The Morgan fingerprint density at radius 3 is 2.63 bits per heavy atom. The highest BCUT2D eigenvalue weighted by atomic mass is 16.5. The molecule has 1 aromatic heterocycles. The predicted octanol–water partition coefficient (Wildman–Crippen LogP) is 1.07. The van der Waals surface area contributed by atoms with Crippen LogP contribution in [0.4, 0.5) is 0 Å². The highest BCUT2D eigenvalue weighted by Crippen LogP contribution is 2.27. The summed E-state index contributed by atoms with van der Waals surface area (Å²) < 4.78 is 16.4. The molecule has 7 nitrogen and oxygen atoms in total. The molecule has 0 spiro atoms. The first-order chi connectivity index (χ1) is 9.19. The minimum absolute atomic E-state index is 0.125. The maximum Gasteiger partial charge on any atom is 0.360 e. The van der Waals surface area contributed by atoms with Gasteiger partial charge in [0, 0.05) is 6.07 Å². The van der Waals surface area contributed by atoms with Gasteiger partial charge in [-0.15, -0.1) is 5.10 Å². The Bertz CT molecular complexity index is 594. The van der Waals surface area contributed by atoms with E-state index in [4.69, 9.17) is 9.47 Å². The molecule has 0 saturated heterocycles.